The second-order valence-electron chi connectivity index (χ2n) is 7.58. The van der Waals surface area contributed by atoms with E-state index in [2.05, 4.69) is 43.0 Å². The molecule has 33 heavy (non-hydrogen) atoms. The number of methoxy groups -OCH3 is 1. The standard InChI is InChI=1S/C23H22ClIN4O4/c1-11-18(22(30)28-26-11)20(19-12(2)27-29-23(19)31)14-8-16(25)21(17(9-14)32-3)33-10-13-6-4-5-7-15(13)24/h4-9,20H,10H2,1-3H3,(H2,26,28,30)(H2,27,29,31). The van der Waals surface area contributed by atoms with Crippen LogP contribution in [-0.4, -0.2) is 27.5 Å². The second-order valence-corrected chi connectivity index (χ2v) is 9.15. The molecule has 2 heterocycles. The Bertz CT molecular complexity index is 1360. The summed E-state index contributed by atoms with van der Waals surface area (Å²) >= 11 is 8.42. The summed E-state index contributed by atoms with van der Waals surface area (Å²) < 4.78 is 12.5. The van der Waals surface area contributed by atoms with Crippen molar-refractivity contribution in [3.63, 3.8) is 0 Å². The van der Waals surface area contributed by atoms with Crippen molar-refractivity contribution in [2.24, 2.45) is 0 Å². The van der Waals surface area contributed by atoms with E-state index in [1.54, 1.807) is 27.0 Å². The molecule has 0 aliphatic carbocycles. The number of ether oxygens (including phenoxy) is 2. The van der Waals surface area contributed by atoms with Gasteiger partial charge in [0.25, 0.3) is 11.1 Å². The molecule has 4 rings (SSSR count). The average Bonchev–Trinajstić information content (AvgIpc) is 3.30. The van der Waals surface area contributed by atoms with Crippen molar-refractivity contribution in [3.05, 3.63) is 99.3 Å². The first-order valence-corrected chi connectivity index (χ1v) is 11.5. The molecule has 0 saturated carbocycles. The van der Waals surface area contributed by atoms with Crippen molar-refractivity contribution < 1.29 is 9.47 Å². The summed E-state index contributed by atoms with van der Waals surface area (Å²) in [7, 11) is 1.55. The Morgan fingerprint density at radius 3 is 2.09 bits per heavy atom. The van der Waals surface area contributed by atoms with Gasteiger partial charge in [0, 0.05) is 27.9 Å². The third-order valence-electron chi connectivity index (χ3n) is 5.52. The van der Waals surface area contributed by atoms with E-state index >= 15 is 0 Å². The molecule has 0 atom stereocenters. The van der Waals surface area contributed by atoms with Gasteiger partial charge in [-0.05, 0) is 60.2 Å². The topological polar surface area (TPSA) is 116 Å². The number of aromatic nitrogens is 4. The fourth-order valence-corrected chi connectivity index (χ4v) is 4.87. The second kappa shape index (κ2) is 9.52. The van der Waals surface area contributed by atoms with Gasteiger partial charge in [-0.2, -0.15) is 0 Å². The first-order valence-electron chi connectivity index (χ1n) is 10.1. The van der Waals surface area contributed by atoms with Crippen LogP contribution >= 0.6 is 34.2 Å². The number of rotatable bonds is 7. The maximum absolute atomic E-state index is 12.7. The lowest BCUT2D eigenvalue weighted by Crippen LogP contribution is -2.20. The predicted octanol–water partition coefficient (Wildman–Crippen LogP) is 4.36. The van der Waals surface area contributed by atoms with Crippen LogP contribution in [0.4, 0.5) is 0 Å². The van der Waals surface area contributed by atoms with Gasteiger partial charge in [-0.15, -0.1) is 0 Å². The summed E-state index contributed by atoms with van der Waals surface area (Å²) in [6.07, 6.45) is 0. The van der Waals surface area contributed by atoms with Crippen molar-refractivity contribution in [1.82, 2.24) is 20.4 Å². The molecule has 0 spiro atoms. The summed E-state index contributed by atoms with van der Waals surface area (Å²) in [4.78, 5) is 25.4. The molecule has 0 saturated heterocycles. The number of halogens is 2. The van der Waals surface area contributed by atoms with Crippen LogP contribution in [0.25, 0.3) is 0 Å². The Morgan fingerprint density at radius 1 is 0.970 bits per heavy atom. The highest BCUT2D eigenvalue weighted by molar-refractivity contribution is 14.1. The van der Waals surface area contributed by atoms with Crippen LogP contribution in [0.1, 0.15) is 39.6 Å². The molecule has 0 aliphatic rings. The molecule has 2 aromatic carbocycles. The minimum Gasteiger partial charge on any atom is -0.493 e. The van der Waals surface area contributed by atoms with Crippen LogP contribution in [0.2, 0.25) is 5.02 Å². The monoisotopic (exact) mass is 580 g/mol. The summed E-state index contributed by atoms with van der Waals surface area (Å²) in [5.41, 5.74) is 3.23. The zero-order chi connectivity index (χ0) is 23.7. The molecule has 0 radical (unpaired) electrons. The van der Waals surface area contributed by atoms with Gasteiger partial charge < -0.3 is 19.7 Å². The number of H-pyrrole nitrogens is 4. The molecule has 4 aromatic rings. The van der Waals surface area contributed by atoms with Crippen molar-refractivity contribution in [2.45, 2.75) is 26.4 Å². The molecule has 8 nitrogen and oxygen atoms in total. The van der Waals surface area contributed by atoms with Gasteiger partial charge in [-0.1, -0.05) is 29.8 Å². The number of aryl methyl sites for hydroxylation is 2. The maximum atomic E-state index is 12.7. The lowest BCUT2D eigenvalue weighted by atomic mass is 9.85. The number of nitrogens with one attached hydrogen (secondary N) is 4. The van der Waals surface area contributed by atoms with E-state index in [0.717, 1.165) is 14.7 Å². The molecule has 0 amide bonds. The van der Waals surface area contributed by atoms with E-state index in [-0.39, 0.29) is 17.7 Å². The molecule has 0 bridgehead atoms. The van der Waals surface area contributed by atoms with Crippen molar-refractivity contribution in [3.8, 4) is 11.5 Å². The maximum Gasteiger partial charge on any atom is 0.268 e. The Morgan fingerprint density at radius 2 is 1.58 bits per heavy atom. The van der Waals surface area contributed by atoms with Crippen molar-refractivity contribution in [2.75, 3.05) is 7.11 Å². The zero-order valence-corrected chi connectivity index (χ0v) is 21.1. The van der Waals surface area contributed by atoms with Crippen LogP contribution in [0.3, 0.4) is 0 Å². The van der Waals surface area contributed by atoms with E-state index in [1.807, 2.05) is 30.3 Å². The van der Waals surface area contributed by atoms with Gasteiger partial charge in [-0.3, -0.25) is 19.8 Å². The fourth-order valence-electron chi connectivity index (χ4n) is 3.90. The molecule has 0 unspecified atom stereocenters. The molecule has 0 fully saturated rings. The lowest BCUT2D eigenvalue weighted by Gasteiger charge is -2.20. The minimum atomic E-state index is -0.616. The molecule has 0 aliphatic heterocycles. The van der Waals surface area contributed by atoms with Gasteiger partial charge >= 0.3 is 0 Å². The van der Waals surface area contributed by atoms with E-state index in [9.17, 15) is 9.59 Å². The van der Waals surface area contributed by atoms with Crippen LogP contribution in [0.15, 0.2) is 46.0 Å². The normalized spacial score (nSPS) is 11.2. The van der Waals surface area contributed by atoms with E-state index in [4.69, 9.17) is 21.1 Å². The lowest BCUT2D eigenvalue weighted by molar-refractivity contribution is 0.282. The summed E-state index contributed by atoms with van der Waals surface area (Å²) in [5, 5.41) is 11.6. The van der Waals surface area contributed by atoms with Crippen molar-refractivity contribution in [1.29, 1.82) is 0 Å². The first-order chi connectivity index (χ1) is 15.8. The number of hydrogen-bond acceptors (Lipinski definition) is 4. The van der Waals surface area contributed by atoms with Crippen LogP contribution in [-0.2, 0) is 6.61 Å². The summed E-state index contributed by atoms with van der Waals surface area (Å²) in [6.45, 7) is 3.85. The van der Waals surface area contributed by atoms with Gasteiger partial charge in [-0.25, -0.2) is 0 Å². The zero-order valence-electron chi connectivity index (χ0n) is 18.1. The highest BCUT2D eigenvalue weighted by atomic mass is 127. The molecular formula is C23H22ClIN4O4. The molecule has 172 valence electrons. The minimum absolute atomic E-state index is 0.266. The van der Waals surface area contributed by atoms with Crippen molar-refractivity contribution >= 4 is 34.2 Å². The Kier molecular flexibility index (Phi) is 6.71. The Balaban J connectivity index is 1.82. The highest BCUT2D eigenvalue weighted by Crippen LogP contribution is 2.40. The van der Waals surface area contributed by atoms with Crippen LogP contribution in [0, 0.1) is 17.4 Å². The molecule has 2 aromatic heterocycles. The molecule has 4 N–H and O–H groups in total. The third-order valence-corrected chi connectivity index (χ3v) is 6.69. The number of aromatic amines is 4. The molecule has 10 heteroatoms. The SMILES string of the molecule is COc1cc(C(c2c(C)[nH][nH]c2=O)c2c(C)[nH][nH]c2=O)cc(I)c1OCc1ccccc1Cl. The predicted molar refractivity (Wildman–Crippen MR) is 135 cm³/mol. The third kappa shape index (κ3) is 4.47. The fraction of sp³-hybridized carbons (Fsp3) is 0.217. The number of hydrogen-bond donors (Lipinski definition) is 4. The van der Waals surface area contributed by atoms with Crippen LogP contribution < -0.4 is 20.6 Å². The Labute approximate surface area is 207 Å². The van der Waals surface area contributed by atoms with E-state index < -0.39 is 5.92 Å². The average molecular weight is 581 g/mol. The van der Waals surface area contributed by atoms with E-state index in [0.29, 0.717) is 39.0 Å². The summed E-state index contributed by atoms with van der Waals surface area (Å²) in [5.74, 6) is 0.429. The highest BCUT2D eigenvalue weighted by Gasteiger charge is 2.29. The number of benzene rings is 2. The smallest absolute Gasteiger partial charge is 0.268 e. The van der Waals surface area contributed by atoms with Crippen LogP contribution in [0.5, 0.6) is 11.5 Å². The summed E-state index contributed by atoms with van der Waals surface area (Å²) in [6, 6.07) is 11.2. The van der Waals surface area contributed by atoms with Gasteiger partial charge in [0.05, 0.1) is 21.8 Å². The van der Waals surface area contributed by atoms with E-state index in [1.165, 1.54) is 0 Å². The van der Waals surface area contributed by atoms with Gasteiger partial charge in [0.15, 0.2) is 11.5 Å². The quantitative estimate of drug-likeness (QED) is 0.243. The van der Waals surface area contributed by atoms with Gasteiger partial charge in [0.2, 0.25) is 0 Å². The first kappa shape index (κ1) is 23.2. The molecular weight excluding hydrogens is 559 g/mol. The largest absolute Gasteiger partial charge is 0.493 e. The van der Waals surface area contributed by atoms with Gasteiger partial charge in [0.1, 0.15) is 6.61 Å². The Hall–Kier alpha value is -2.92.